The van der Waals surface area contributed by atoms with Crippen LogP contribution in [-0.2, 0) is 4.79 Å². The summed E-state index contributed by atoms with van der Waals surface area (Å²) in [4.78, 5) is 26.8. The van der Waals surface area contributed by atoms with Crippen molar-refractivity contribution in [1.82, 2.24) is 5.32 Å². The molecule has 0 bridgehead atoms. The molecule has 3 rings (SSSR count). The molecule has 132 valence electrons. The lowest BCUT2D eigenvalue weighted by molar-refractivity contribution is -0.384. The minimum absolute atomic E-state index is 0.152. The molecule has 10 heteroatoms. The van der Waals surface area contributed by atoms with Crippen molar-refractivity contribution in [2.24, 2.45) is 4.99 Å². The maximum atomic E-state index is 12.1. The number of amides is 1. The van der Waals surface area contributed by atoms with E-state index in [0.717, 1.165) is 11.8 Å². The van der Waals surface area contributed by atoms with E-state index >= 15 is 0 Å². The van der Waals surface area contributed by atoms with Gasteiger partial charge in [0.1, 0.15) is 5.75 Å². The van der Waals surface area contributed by atoms with E-state index < -0.39 is 10.8 Å². The maximum Gasteiger partial charge on any atom is 0.270 e. The van der Waals surface area contributed by atoms with Gasteiger partial charge in [0.2, 0.25) is 0 Å². The van der Waals surface area contributed by atoms with Crippen molar-refractivity contribution in [3.05, 3.63) is 67.0 Å². The van der Waals surface area contributed by atoms with Gasteiger partial charge in [-0.25, -0.2) is 4.99 Å². The van der Waals surface area contributed by atoms with Crippen molar-refractivity contribution in [1.29, 1.82) is 0 Å². The number of carbonyl (C=O) groups is 1. The number of thioether (sulfide) groups is 1. The molecule has 1 fully saturated rings. The topological polar surface area (TPSA) is 105 Å². The number of nitrogens with zero attached hydrogens (tertiary/aromatic N) is 2. The number of benzene rings is 2. The van der Waals surface area contributed by atoms with Crippen LogP contribution in [0, 0.1) is 10.1 Å². The van der Waals surface area contributed by atoms with Gasteiger partial charge >= 0.3 is 0 Å². The van der Waals surface area contributed by atoms with Crippen LogP contribution >= 0.6 is 35.0 Å². The molecule has 26 heavy (non-hydrogen) atoms. The molecule has 2 aromatic carbocycles. The lowest BCUT2D eigenvalue weighted by atomic mass is 10.1. The molecule has 0 aromatic heterocycles. The summed E-state index contributed by atoms with van der Waals surface area (Å²) < 4.78 is 0. The Morgan fingerprint density at radius 3 is 2.77 bits per heavy atom. The molecule has 0 radical (unpaired) electrons. The second-order valence-electron chi connectivity index (χ2n) is 5.05. The van der Waals surface area contributed by atoms with E-state index in [0.29, 0.717) is 10.7 Å². The number of nitro benzene ring substituents is 1. The summed E-state index contributed by atoms with van der Waals surface area (Å²) in [6.45, 7) is 0. The third-order valence-corrected chi connectivity index (χ3v) is 5.03. The Kier molecular flexibility index (Phi) is 5.17. The molecule has 0 aliphatic carbocycles. The number of nitrogens with one attached hydrogen (secondary N) is 1. The first-order chi connectivity index (χ1) is 12.3. The van der Waals surface area contributed by atoms with Crippen LogP contribution in [0.25, 0.3) is 6.08 Å². The van der Waals surface area contributed by atoms with Crippen LogP contribution in [0.3, 0.4) is 0 Å². The Labute approximate surface area is 161 Å². The third kappa shape index (κ3) is 3.82. The third-order valence-electron chi connectivity index (χ3n) is 3.31. The Bertz CT molecular complexity index is 991. The summed E-state index contributed by atoms with van der Waals surface area (Å²) in [7, 11) is 0. The smallest absolute Gasteiger partial charge is 0.270 e. The van der Waals surface area contributed by atoms with Crippen LogP contribution < -0.4 is 5.32 Å². The van der Waals surface area contributed by atoms with Crippen LogP contribution in [0.4, 0.5) is 11.4 Å². The van der Waals surface area contributed by atoms with Gasteiger partial charge in [0, 0.05) is 17.7 Å². The number of hydrogen-bond acceptors (Lipinski definition) is 6. The number of aromatic hydroxyl groups is 1. The molecule has 1 aliphatic heterocycles. The van der Waals surface area contributed by atoms with E-state index in [4.69, 9.17) is 23.2 Å². The predicted molar refractivity (Wildman–Crippen MR) is 102 cm³/mol. The van der Waals surface area contributed by atoms with Crippen molar-refractivity contribution in [3.8, 4) is 5.75 Å². The zero-order chi connectivity index (χ0) is 18.8. The number of non-ortho nitro benzene ring substituents is 1. The summed E-state index contributed by atoms with van der Waals surface area (Å²) in [5, 5.41) is 24.1. The first-order valence-corrected chi connectivity index (χ1v) is 8.63. The molecular weight excluding hydrogens is 401 g/mol. The van der Waals surface area contributed by atoms with Crippen LogP contribution in [0.5, 0.6) is 5.75 Å². The number of carbonyl (C=O) groups excluding carboxylic acids is 1. The van der Waals surface area contributed by atoms with Gasteiger partial charge in [-0.1, -0.05) is 29.3 Å². The van der Waals surface area contributed by atoms with E-state index in [1.54, 1.807) is 18.2 Å². The quantitative estimate of drug-likeness (QED) is 0.441. The van der Waals surface area contributed by atoms with E-state index in [2.05, 4.69) is 10.3 Å². The number of phenols is 1. The number of nitro groups is 1. The summed E-state index contributed by atoms with van der Waals surface area (Å²) in [5.41, 5.74) is 0.345. The fourth-order valence-electron chi connectivity index (χ4n) is 2.08. The average molecular weight is 410 g/mol. The van der Waals surface area contributed by atoms with Gasteiger partial charge in [0.05, 0.1) is 25.6 Å². The molecule has 0 spiro atoms. The van der Waals surface area contributed by atoms with Gasteiger partial charge in [-0.2, -0.15) is 0 Å². The second-order valence-corrected chi connectivity index (χ2v) is 6.87. The molecule has 2 N–H and O–H groups in total. The molecule has 1 heterocycles. The summed E-state index contributed by atoms with van der Waals surface area (Å²) in [6, 6.07) is 8.48. The van der Waals surface area contributed by atoms with Crippen LogP contribution in [0.1, 0.15) is 5.56 Å². The van der Waals surface area contributed by atoms with Gasteiger partial charge < -0.3 is 10.4 Å². The SMILES string of the molecule is O=C1NC(=Nc2cccc(Cl)c2Cl)S/C1=C/c1cc([N+](=O)[O-])ccc1O. The molecule has 2 aromatic rings. The molecule has 1 saturated heterocycles. The average Bonchev–Trinajstić information content (AvgIpc) is 2.93. The largest absolute Gasteiger partial charge is 0.507 e. The number of amidine groups is 1. The highest BCUT2D eigenvalue weighted by molar-refractivity contribution is 8.18. The fraction of sp³-hybridized carbons (Fsp3) is 0. The summed E-state index contributed by atoms with van der Waals surface area (Å²) >= 11 is 13.0. The molecule has 1 aliphatic rings. The molecule has 0 unspecified atom stereocenters. The number of aliphatic imine (C=N–C) groups is 1. The molecular formula is C16H9Cl2N3O4S. The summed E-state index contributed by atoms with van der Waals surface area (Å²) in [5.74, 6) is -0.627. The highest BCUT2D eigenvalue weighted by Crippen LogP contribution is 2.35. The minimum atomic E-state index is -0.586. The van der Waals surface area contributed by atoms with Gasteiger partial charge in [0.15, 0.2) is 5.17 Å². The Morgan fingerprint density at radius 2 is 2.04 bits per heavy atom. The van der Waals surface area contributed by atoms with E-state index in [9.17, 15) is 20.0 Å². The van der Waals surface area contributed by atoms with E-state index in [1.165, 1.54) is 24.3 Å². The van der Waals surface area contributed by atoms with Crippen molar-refractivity contribution in [2.45, 2.75) is 0 Å². The highest BCUT2D eigenvalue weighted by Gasteiger charge is 2.25. The standard InChI is InChI=1S/C16H9Cl2N3O4S/c17-10-2-1-3-11(14(10)18)19-16-20-15(23)13(26-16)7-8-6-9(21(24)25)4-5-12(8)22/h1-7,22H,(H,19,20,23)/b13-7+. The van der Waals surface area contributed by atoms with Gasteiger partial charge in [-0.3, -0.25) is 14.9 Å². The Balaban J connectivity index is 1.92. The minimum Gasteiger partial charge on any atom is -0.507 e. The Hall–Kier alpha value is -2.55. The molecule has 0 saturated carbocycles. The van der Waals surface area contributed by atoms with Crippen LogP contribution in [-0.4, -0.2) is 21.1 Å². The van der Waals surface area contributed by atoms with Gasteiger partial charge in [-0.05, 0) is 36.0 Å². The number of hydrogen-bond donors (Lipinski definition) is 2. The normalized spacial score (nSPS) is 16.9. The van der Waals surface area contributed by atoms with Crippen LogP contribution in [0.15, 0.2) is 46.3 Å². The molecule has 7 nitrogen and oxygen atoms in total. The number of halogens is 2. The lowest BCUT2D eigenvalue weighted by Crippen LogP contribution is -2.19. The summed E-state index contributed by atoms with van der Waals surface area (Å²) in [6.07, 6.45) is 1.35. The van der Waals surface area contributed by atoms with E-state index in [1.807, 2.05) is 0 Å². The fourth-order valence-corrected chi connectivity index (χ4v) is 3.24. The lowest BCUT2D eigenvalue weighted by Gasteiger charge is -2.01. The van der Waals surface area contributed by atoms with Crippen molar-refractivity contribution < 1.29 is 14.8 Å². The van der Waals surface area contributed by atoms with Crippen LogP contribution in [0.2, 0.25) is 10.0 Å². The first-order valence-electron chi connectivity index (χ1n) is 7.06. The predicted octanol–water partition coefficient (Wildman–Crippen LogP) is 4.50. The van der Waals surface area contributed by atoms with E-state index in [-0.39, 0.29) is 32.1 Å². The number of phenolic OH excluding ortho intramolecular Hbond substituents is 1. The highest BCUT2D eigenvalue weighted by atomic mass is 35.5. The van der Waals surface area contributed by atoms with Crippen molar-refractivity contribution in [2.75, 3.05) is 0 Å². The van der Waals surface area contributed by atoms with Gasteiger partial charge in [-0.15, -0.1) is 0 Å². The van der Waals surface area contributed by atoms with Gasteiger partial charge in [0.25, 0.3) is 11.6 Å². The molecule has 1 amide bonds. The maximum absolute atomic E-state index is 12.1. The Morgan fingerprint density at radius 1 is 1.27 bits per heavy atom. The first kappa shape index (κ1) is 18.2. The zero-order valence-corrected chi connectivity index (χ0v) is 15.1. The molecule has 0 atom stereocenters. The second kappa shape index (κ2) is 7.36. The van der Waals surface area contributed by atoms with Crippen molar-refractivity contribution in [3.63, 3.8) is 0 Å². The number of rotatable bonds is 3. The monoisotopic (exact) mass is 409 g/mol. The van der Waals surface area contributed by atoms with Crippen molar-refractivity contribution >= 4 is 63.5 Å². The zero-order valence-electron chi connectivity index (χ0n) is 12.8.